The summed E-state index contributed by atoms with van der Waals surface area (Å²) in [5.41, 5.74) is 2.49. The molecular formula is C28H32F2N6O. The van der Waals surface area contributed by atoms with Crippen LogP contribution in [0.2, 0.25) is 0 Å². The van der Waals surface area contributed by atoms with Gasteiger partial charge in [0, 0.05) is 23.2 Å². The molecule has 1 spiro atoms. The summed E-state index contributed by atoms with van der Waals surface area (Å²) in [6, 6.07) is 7.17. The highest BCUT2D eigenvalue weighted by molar-refractivity contribution is 5.73. The van der Waals surface area contributed by atoms with Crippen molar-refractivity contribution < 1.29 is 13.5 Å². The summed E-state index contributed by atoms with van der Waals surface area (Å²) in [7, 11) is 2.14. The highest BCUT2D eigenvalue weighted by atomic mass is 19.1. The topological polar surface area (TPSA) is 66.4 Å². The molecule has 0 radical (unpaired) electrons. The molecule has 2 aromatic heterocycles. The van der Waals surface area contributed by atoms with Crippen LogP contribution >= 0.6 is 0 Å². The number of aromatic nitrogens is 3. The van der Waals surface area contributed by atoms with Crippen molar-refractivity contribution >= 4 is 17.3 Å². The molecule has 3 aliphatic rings. The summed E-state index contributed by atoms with van der Waals surface area (Å²) in [4.78, 5) is 17.6. The highest BCUT2D eigenvalue weighted by Gasteiger charge is 2.51. The van der Waals surface area contributed by atoms with E-state index >= 15 is 4.39 Å². The molecule has 0 bridgehead atoms. The van der Waals surface area contributed by atoms with E-state index < -0.39 is 11.6 Å². The lowest BCUT2D eigenvalue weighted by Gasteiger charge is -2.39. The Hall–Kier alpha value is -3.33. The first-order valence-electron chi connectivity index (χ1n) is 13.0. The molecule has 6 rings (SSSR count). The van der Waals surface area contributed by atoms with Crippen LogP contribution in [0.3, 0.4) is 0 Å². The lowest BCUT2D eigenvalue weighted by molar-refractivity contribution is 0.160. The number of rotatable bonds is 5. The Balaban J connectivity index is 1.26. The monoisotopic (exact) mass is 506 g/mol. The van der Waals surface area contributed by atoms with Crippen LogP contribution in [0.4, 0.5) is 26.1 Å². The first-order valence-corrected chi connectivity index (χ1v) is 13.0. The number of halogens is 2. The normalized spacial score (nSPS) is 19.1. The van der Waals surface area contributed by atoms with Gasteiger partial charge in [-0.3, -0.25) is 4.98 Å². The van der Waals surface area contributed by atoms with E-state index in [0.717, 1.165) is 50.7 Å². The van der Waals surface area contributed by atoms with Crippen molar-refractivity contribution in [2.24, 2.45) is 0 Å². The van der Waals surface area contributed by atoms with Gasteiger partial charge >= 0.3 is 0 Å². The van der Waals surface area contributed by atoms with Crippen LogP contribution in [0.25, 0.3) is 11.3 Å². The van der Waals surface area contributed by atoms with Gasteiger partial charge in [-0.1, -0.05) is 0 Å². The average molecular weight is 507 g/mol. The van der Waals surface area contributed by atoms with Crippen LogP contribution in [0.1, 0.15) is 51.1 Å². The third-order valence-corrected chi connectivity index (χ3v) is 7.74. The number of anilines is 3. The maximum atomic E-state index is 15.3. The van der Waals surface area contributed by atoms with E-state index in [1.54, 1.807) is 12.3 Å². The van der Waals surface area contributed by atoms with E-state index in [2.05, 4.69) is 51.0 Å². The van der Waals surface area contributed by atoms with Gasteiger partial charge in [-0.25, -0.2) is 18.7 Å². The summed E-state index contributed by atoms with van der Waals surface area (Å²) < 4.78 is 36.2. The highest BCUT2D eigenvalue weighted by Crippen LogP contribution is 2.50. The summed E-state index contributed by atoms with van der Waals surface area (Å²) in [6.45, 7) is 6.97. The second-order valence-electron chi connectivity index (χ2n) is 10.9. The number of hydrogen-bond acceptors (Lipinski definition) is 7. The number of benzene rings is 1. The maximum absolute atomic E-state index is 15.3. The molecule has 1 N–H and O–H groups in total. The van der Waals surface area contributed by atoms with Gasteiger partial charge in [0.2, 0.25) is 5.95 Å². The second kappa shape index (κ2) is 9.20. The molecule has 7 nitrogen and oxygen atoms in total. The third-order valence-electron chi connectivity index (χ3n) is 7.74. The molecule has 1 aromatic carbocycles. The predicted octanol–water partition coefficient (Wildman–Crippen LogP) is 5.51. The Morgan fingerprint density at radius 1 is 1.05 bits per heavy atom. The molecule has 0 unspecified atom stereocenters. The van der Waals surface area contributed by atoms with Crippen LogP contribution < -0.4 is 15.0 Å². The molecule has 4 heterocycles. The number of hydrogen-bond donors (Lipinski definition) is 1. The van der Waals surface area contributed by atoms with E-state index in [4.69, 9.17) is 4.74 Å². The van der Waals surface area contributed by atoms with E-state index in [-0.39, 0.29) is 29.0 Å². The van der Waals surface area contributed by atoms with Gasteiger partial charge in [-0.05, 0) is 83.9 Å². The fraction of sp³-hybridized carbons (Fsp3) is 0.464. The molecule has 0 amide bonds. The number of nitrogens with zero attached hydrogens (tertiary/aromatic N) is 5. The lowest BCUT2D eigenvalue weighted by atomic mass is 9.93. The fourth-order valence-electron chi connectivity index (χ4n) is 5.32. The van der Waals surface area contributed by atoms with E-state index in [1.807, 2.05) is 12.1 Å². The molecule has 9 heteroatoms. The van der Waals surface area contributed by atoms with Crippen molar-refractivity contribution in [2.75, 3.05) is 36.9 Å². The van der Waals surface area contributed by atoms with E-state index in [1.165, 1.54) is 6.07 Å². The lowest BCUT2D eigenvalue weighted by Crippen LogP contribution is -2.45. The molecule has 194 valence electrons. The van der Waals surface area contributed by atoms with Gasteiger partial charge < -0.3 is 19.9 Å². The zero-order valence-corrected chi connectivity index (χ0v) is 21.5. The average Bonchev–Trinajstić information content (AvgIpc) is 3.64. The Morgan fingerprint density at radius 2 is 1.84 bits per heavy atom. The zero-order valence-electron chi connectivity index (χ0n) is 21.5. The van der Waals surface area contributed by atoms with Gasteiger partial charge in [-0.2, -0.15) is 0 Å². The molecule has 1 saturated carbocycles. The predicted molar refractivity (Wildman–Crippen MR) is 139 cm³/mol. The van der Waals surface area contributed by atoms with Crippen molar-refractivity contribution in [3.63, 3.8) is 0 Å². The standard InChI is InChI=1S/C28H32F2N6O/c1-17(2)36-16-28(8-9-28)37-26-21(29)12-19(13-24(26)36)25-22(30)15-32-27(34-25)33-20-4-5-23(31-14-20)18-6-10-35(3)11-7-18/h4-5,12-15,17-18H,6-11,16H2,1-3H3,(H,32,33,34). The van der Waals surface area contributed by atoms with Gasteiger partial charge in [0.1, 0.15) is 11.3 Å². The minimum absolute atomic E-state index is 0.0329. The second-order valence-corrected chi connectivity index (χ2v) is 10.9. The molecule has 1 aliphatic carbocycles. The van der Waals surface area contributed by atoms with Gasteiger partial charge in [0.25, 0.3) is 0 Å². The summed E-state index contributed by atoms with van der Waals surface area (Å²) in [5, 5.41) is 3.11. The minimum Gasteiger partial charge on any atom is -0.480 e. The van der Waals surface area contributed by atoms with Crippen molar-refractivity contribution in [3.8, 4) is 17.0 Å². The Morgan fingerprint density at radius 3 is 2.51 bits per heavy atom. The number of likely N-dealkylation sites (tertiary alicyclic amines) is 1. The summed E-state index contributed by atoms with van der Waals surface area (Å²) >= 11 is 0. The van der Waals surface area contributed by atoms with Gasteiger partial charge in [-0.15, -0.1) is 0 Å². The van der Waals surface area contributed by atoms with Gasteiger partial charge in [0.15, 0.2) is 17.4 Å². The number of fused-ring (bicyclic) bond motifs is 1. The van der Waals surface area contributed by atoms with Gasteiger partial charge in [0.05, 0.1) is 30.3 Å². The molecule has 2 fully saturated rings. The molecule has 1 saturated heterocycles. The molecule has 0 atom stereocenters. The molecule has 3 aromatic rings. The molecule has 2 aliphatic heterocycles. The first kappa shape index (κ1) is 24.0. The smallest absolute Gasteiger partial charge is 0.227 e. The van der Waals surface area contributed by atoms with Crippen molar-refractivity contribution in [1.82, 2.24) is 19.9 Å². The Labute approximate surface area is 215 Å². The van der Waals surface area contributed by atoms with Crippen LogP contribution in [-0.2, 0) is 0 Å². The van der Waals surface area contributed by atoms with Crippen LogP contribution in [0.15, 0.2) is 36.7 Å². The largest absolute Gasteiger partial charge is 0.480 e. The number of piperidine rings is 1. The van der Waals surface area contributed by atoms with Crippen molar-refractivity contribution in [3.05, 3.63) is 54.0 Å². The number of ether oxygens (including phenoxy) is 1. The van der Waals surface area contributed by atoms with Crippen LogP contribution in [-0.4, -0.2) is 58.2 Å². The van der Waals surface area contributed by atoms with E-state index in [0.29, 0.717) is 29.4 Å². The van der Waals surface area contributed by atoms with Crippen LogP contribution in [0, 0.1) is 11.6 Å². The SMILES string of the molecule is CC(C)N1CC2(CC2)Oc2c(F)cc(-c3nc(Nc4ccc(C5CCN(C)CC5)nc4)ncc3F)cc21. The summed E-state index contributed by atoms with van der Waals surface area (Å²) in [6.07, 6.45) is 6.89. The molecular weight excluding hydrogens is 474 g/mol. The Bertz CT molecular complexity index is 1300. The quantitative estimate of drug-likeness (QED) is 0.490. The van der Waals surface area contributed by atoms with Crippen LogP contribution in [0.5, 0.6) is 5.75 Å². The maximum Gasteiger partial charge on any atom is 0.227 e. The zero-order chi connectivity index (χ0) is 25.7. The fourth-order valence-corrected chi connectivity index (χ4v) is 5.32. The first-order chi connectivity index (χ1) is 17.8. The Kier molecular flexibility index (Phi) is 5.98. The minimum atomic E-state index is -0.618. The van der Waals surface area contributed by atoms with Crippen molar-refractivity contribution in [2.45, 2.75) is 57.1 Å². The number of nitrogens with one attached hydrogen (secondary N) is 1. The summed E-state index contributed by atoms with van der Waals surface area (Å²) in [5.74, 6) is -0.207. The van der Waals surface area contributed by atoms with E-state index in [9.17, 15) is 4.39 Å². The third kappa shape index (κ3) is 4.72. The number of pyridine rings is 1. The molecule has 37 heavy (non-hydrogen) atoms. The van der Waals surface area contributed by atoms with Crippen molar-refractivity contribution in [1.29, 1.82) is 0 Å².